The number of likely N-dealkylation sites (tertiary alicyclic amines) is 1. The molecule has 1 atom stereocenters. The largest absolute Gasteiger partial charge is 0.327 e. The van der Waals surface area contributed by atoms with Crippen molar-refractivity contribution in [3.63, 3.8) is 0 Å². The molecule has 1 saturated carbocycles. The smallest absolute Gasteiger partial charge is 0.0168 e. The van der Waals surface area contributed by atoms with E-state index < -0.39 is 0 Å². The Morgan fingerprint density at radius 3 is 2.33 bits per heavy atom. The van der Waals surface area contributed by atoms with Crippen molar-refractivity contribution in [3.8, 4) is 0 Å². The van der Waals surface area contributed by atoms with Gasteiger partial charge in [-0.3, -0.25) is 0 Å². The summed E-state index contributed by atoms with van der Waals surface area (Å²) >= 11 is 0. The number of hydrogen-bond acceptors (Lipinski definition) is 2. The van der Waals surface area contributed by atoms with Crippen LogP contribution in [-0.4, -0.2) is 30.6 Å². The minimum absolute atomic E-state index is 0.449. The van der Waals surface area contributed by atoms with E-state index in [2.05, 4.69) is 4.90 Å². The average molecular weight is 210 g/mol. The molecule has 0 spiro atoms. The summed E-state index contributed by atoms with van der Waals surface area (Å²) in [7, 11) is 0. The third kappa shape index (κ3) is 3.76. The lowest BCUT2D eigenvalue weighted by Gasteiger charge is -2.33. The summed E-state index contributed by atoms with van der Waals surface area (Å²) in [6.07, 6.45) is 11.3. The fourth-order valence-corrected chi connectivity index (χ4v) is 3.17. The van der Waals surface area contributed by atoms with Gasteiger partial charge in [0.15, 0.2) is 0 Å². The van der Waals surface area contributed by atoms with E-state index in [-0.39, 0.29) is 0 Å². The van der Waals surface area contributed by atoms with Gasteiger partial charge in [0, 0.05) is 19.1 Å². The first-order valence-corrected chi connectivity index (χ1v) is 6.82. The third-order valence-corrected chi connectivity index (χ3v) is 4.03. The van der Waals surface area contributed by atoms with Crippen LogP contribution in [0, 0.1) is 5.92 Å². The van der Waals surface area contributed by atoms with E-state index in [0.717, 1.165) is 12.5 Å². The molecule has 2 aliphatic rings. The van der Waals surface area contributed by atoms with Crippen LogP contribution in [0.25, 0.3) is 0 Å². The van der Waals surface area contributed by atoms with E-state index in [1.54, 1.807) is 0 Å². The Labute approximate surface area is 94.2 Å². The molecule has 1 aliphatic carbocycles. The second kappa shape index (κ2) is 5.86. The van der Waals surface area contributed by atoms with E-state index in [0.29, 0.717) is 6.04 Å². The normalized spacial score (nSPS) is 31.4. The van der Waals surface area contributed by atoms with Crippen molar-refractivity contribution < 1.29 is 0 Å². The van der Waals surface area contributed by atoms with Crippen LogP contribution in [0.1, 0.15) is 51.4 Å². The predicted molar refractivity (Wildman–Crippen MR) is 64.8 cm³/mol. The van der Waals surface area contributed by atoms with Crippen molar-refractivity contribution in [2.45, 2.75) is 57.4 Å². The fraction of sp³-hybridized carbons (Fsp3) is 1.00. The molecule has 0 aromatic heterocycles. The molecule has 88 valence electrons. The maximum absolute atomic E-state index is 6.02. The Balaban J connectivity index is 1.74. The van der Waals surface area contributed by atoms with Gasteiger partial charge in [-0.15, -0.1) is 0 Å². The Morgan fingerprint density at radius 1 is 0.933 bits per heavy atom. The summed E-state index contributed by atoms with van der Waals surface area (Å²) in [5, 5.41) is 0. The summed E-state index contributed by atoms with van der Waals surface area (Å²) in [5.74, 6) is 0.970. The molecule has 2 fully saturated rings. The summed E-state index contributed by atoms with van der Waals surface area (Å²) < 4.78 is 0. The quantitative estimate of drug-likeness (QED) is 0.709. The summed E-state index contributed by atoms with van der Waals surface area (Å²) in [6, 6.07) is 0.449. The SMILES string of the molecule is N[C@@H]1CCCN(CC2CCCCCC2)C1. The molecule has 1 heterocycles. The maximum atomic E-state index is 6.02. The van der Waals surface area contributed by atoms with Crippen molar-refractivity contribution in [1.82, 2.24) is 4.90 Å². The molecular weight excluding hydrogens is 184 g/mol. The second-order valence-electron chi connectivity index (χ2n) is 5.52. The Morgan fingerprint density at radius 2 is 1.67 bits per heavy atom. The van der Waals surface area contributed by atoms with E-state index in [1.165, 1.54) is 64.5 Å². The molecule has 0 radical (unpaired) electrons. The van der Waals surface area contributed by atoms with Crippen molar-refractivity contribution in [1.29, 1.82) is 0 Å². The molecule has 15 heavy (non-hydrogen) atoms. The average Bonchev–Trinajstić information content (AvgIpc) is 2.46. The van der Waals surface area contributed by atoms with E-state index in [1.807, 2.05) is 0 Å². The highest BCUT2D eigenvalue weighted by atomic mass is 15.1. The van der Waals surface area contributed by atoms with Gasteiger partial charge < -0.3 is 10.6 Å². The second-order valence-corrected chi connectivity index (χ2v) is 5.52. The van der Waals surface area contributed by atoms with Gasteiger partial charge in [-0.25, -0.2) is 0 Å². The van der Waals surface area contributed by atoms with Crippen LogP contribution in [0.2, 0.25) is 0 Å². The molecule has 2 N–H and O–H groups in total. The van der Waals surface area contributed by atoms with Gasteiger partial charge in [0.05, 0.1) is 0 Å². The van der Waals surface area contributed by atoms with Crippen molar-refractivity contribution in [3.05, 3.63) is 0 Å². The standard InChI is InChI=1S/C13H26N2/c14-13-8-5-9-15(11-13)10-12-6-3-1-2-4-7-12/h12-13H,1-11,14H2/t13-/m1/s1. The number of nitrogens with zero attached hydrogens (tertiary/aromatic N) is 1. The minimum Gasteiger partial charge on any atom is -0.327 e. The van der Waals surface area contributed by atoms with Crippen LogP contribution in [0.3, 0.4) is 0 Å². The van der Waals surface area contributed by atoms with Gasteiger partial charge in [-0.05, 0) is 38.1 Å². The first-order chi connectivity index (χ1) is 7.34. The highest BCUT2D eigenvalue weighted by Gasteiger charge is 2.20. The van der Waals surface area contributed by atoms with Crippen LogP contribution in [0.4, 0.5) is 0 Å². The van der Waals surface area contributed by atoms with E-state index in [9.17, 15) is 0 Å². The third-order valence-electron chi connectivity index (χ3n) is 4.03. The lowest BCUT2D eigenvalue weighted by atomic mass is 9.98. The minimum atomic E-state index is 0.449. The summed E-state index contributed by atoms with van der Waals surface area (Å²) in [6.45, 7) is 3.77. The first-order valence-electron chi connectivity index (χ1n) is 6.82. The highest BCUT2D eigenvalue weighted by Crippen LogP contribution is 2.24. The number of piperidine rings is 1. The Kier molecular flexibility index (Phi) is 4.45. The summed E-state index contributed by atoms with van der Waals surface area (Å²) in [5.41, 5.74) is 6.02. The van der Waals surface area contributed by atoms with Crippen molar-refractivity contribution >= 4 is 0 Å². The molecule has 0 unspecified atom stereocenters. The molecule has 1 saturated heterocycles. The van der Waals surface area contributed by atoms with Gasteiger partial charge in [-0.1, -0.05) is 25.7 Å². The van der Waals surface area contributed by atoms with Gasteiger partial charge in [0.1, 0.15) is 0 Å². The summed E-state index contributed by atoms with van der Waals surface area (Å²) in [4.78, 5) is 2.62. The van der Waals surface area contributed by atoms with Gasteiger partial charge in [0.2, 0.25) is 0 Å². The van der Waals surface area contributed by atoms with Crippen LogP contribution in [0.5, 0.6) is 0 Å². The first kappa shape index (κ1) is 11.4. The lowest BCUT2D eigenvalue weighted by molar-refractivity contribution is 0.173. The topological polar surface area (TPSA) is 29.3 Å². The molecule has 0 aromatic carbocycles. The number of hydrogen-bond donors (Lipinski definition) is 1. The van der Waals surface area contributed by atoms with Crippen LogP contribution >= 0.6 is 0 Å². The zero-order chi connectivity index (χ0) is 10.5. The number of rotatable bonds is 2. The van der Waals surface area contributed by atoms with E-state index >= 15 is 0 Å². The molecule has 0 amide bonds. The molecule has 2 rings (SSSR count). The zero-order valence-electron chi connectivity index (χ0n) is 9.96. The lowest BCUT2D eigenvalue weighted by Crippen LogP contribution is -2.44. The van der Waals surface area contributed by atoms with Crippen molar-refractivity contribution in [2.24, 2.45) is 11.7 Å². The molecular formula is C13H26N2. The fourth-order valence-electron chi connectivity index (χ4n) is 3.17. The molecule has 2 heteroatoms. The molecule has 0 bridgehead atoms. The Bertz CT molecular complexity index is 173. The number of nitrogens with two attached hydrogens (primary N) is 1. The Hall–Kier alpha value is -0.0800. The molecule has 1 aliphatic heterocycles. The van der Waals surface area contributed by atoms with Crippen LogP contribution < -0.4 is 5.73 Å². The van der Waals surface area contributed by atoms with Crippen LogP contribution in [0.15, 0.2) is 0 Å². The monoisotopic (exact) mass is 210 g/mol. The van der Waals surface area contributed by atoms with Crippen LogP contribution in [-0.2, 0) is 0 Å². The molecule has 2 nitrogen and oxygen atoms in total. The predicted octanol–water partition coefficient (Wildman–Crippen LogP) is 2.38. The molecule has 0 aromatic rings. The van der Waals surface area contributed by atoms with Gasteiger partial charge in [-0.2, -0.15) is 0 Å². The van der Waals surface area contributed by atoms with Crippen molar-refractivity contribution in [2.75, 3.05) is 19.6 Å². The van der Waals surface area contributed by atoms with Gasteiger partial charge >= 0.3 is 0 Å². The highest BCUT2D eigenvalue weighted by molar-refractivity contribution is 4.77. The zero-order valence-corrected chi connectivity index (χ0v) is 9.96. The van der Waals surface area contributed by atoms with Gasteiger partial charge in [0.25, 0.3) is 0 Å². The maximum Gasteiger partial charge on any atom is 0.0168 e. The van der Waals surface area contributed by atoms with E-state index in [4.69, 9.17) is 5.73 Å².